The highest BCUT2D eigenvalue weighted by molar-refractivity contribution is 9.10. The fourth-order valence-corrected chi connectivity index (χ4v) is 4.01. The molecule has 136 valence electrons. The van der Waals surface area contributed by atoms with E-state index in [1.165, 1.54) is 34.4 Å². The van der Waals surface area contributed by atoms with Crippen LogP contribution in [0, 0.1) is 5.82 Å². The highest BCUT2D eigenvalue weighted by Crippen LogP contribution is 2.34. The number of benzene rings is 2. The van der Waals surface area contributed by atoms with E-state index in [9.17, 15) is 14.0 Å². The molecule has 1 aliphatic rings. The Labute approximate surface area is 167 Å². The van der Waals surface area contributed by atoms with Crippen LogP contribution in [0.3, 0.4) is 0 Å². The highest BCUT2D eigenvalue weighted by Gasteiger charge is 2.37. The topological polar surface area (TPSA) is 62.3 Å². The van der Waals surface area contributed by atoms with E-state index in [1.807, 2.05) is 12.1 Å². The first-order valence-electron chi connectivity index (χ1n) is 8.08. The molecule has 1 atom stereocenters. The summed E-state index contributed by atoms with van der Waals surface area (Å²) in [7, 11) is 0. The summed E-state index contributed by atoms with van der Waals surface area (Å²) in [5, 5.41) is 4.88. The van der Waals surface area contributed by atoms with Crippen molar-refractivity contribution in [2.45, 2.75) is 12.6 Å². The molecule has 0 fully saturated rings. The number of nitrogens with zero attached hydrogens (tertiary/aromatic N) is 2. The predicted molar refractivity (Wildman–Crippen MR) is 104 cm³/mol. The summed E-state index contributed by atoms with van der Waals surface area (Å²) < 4.78 is 14.6. The summed E-state index contributed by atoms with van der Waals surface area (Å²) in [6.07, 6.45) is 1.58. The number of nitrogens with one attached hydrogen (secondary N) is 1. The highest BCUT2D eigenvalue weighted by atomic mass is 79.9. The molecule has 8 heteroatoms. The van der Waals surface area contributed by atoms with Crippen molar-refractivity contribution < 1.29 is 14.0 Å². The van der Waals surface area contributed by atoms with Gasteiger partial charge >= 0.3 is 0 Å². The Morgan fingerprint density at radius 2 is 2.15 bits per heavy atom. The van der Waals surface area contributed by atoms with Gasteiger partial charge in [0, 0.05) is 28.2 Å². The molecule has 2 heterocycles. The Bertz CT molecular complexity index is 1030. The zero-order valence-corrected chi connectivity index (χ0v) is 16.3. The molecule has 0 saturated heterocycles. The summed E-state index contributed by atoms with van der Waals surface area (Å²) in [5.41, 5.74) is 1.77. The van der Waals surface area contributed by atoms with Crippen LogP contribution in [0.15, 0.2) is 58.5 Å². The second-order valence-corrected chi connectivity index (χ2v) is 7.83. The van der Waals surface area contributed by atoms with E-state index in [0.717, 1.165) is 10.0 Å². The molecule has 4 rings (SSSR count). The van der Waals surface area contributed by atoms with Crippen LogP contribution in [0.1, 0.15) is 27.5 Å². The maximum atomic E-state index is 13.8. The van der Waals surface area contributed by atoms with Crippen LogP contribution in [0.4, 0.5) is 9.52 Å². The van der Waals surface area contributed by atoms with E-state index in [1.54, 1.807) is 23.7 Å². The Balaban J connectivity index is 1.72. The van der Waals surface area contributed by atoms with Crippen molar-refractivity contribution in [2.24, 2.45) is 0 Å². The van der Waals surface area contributed by atoms with Gasteiger partial charge < -0.3 is 4.90 Å². The van der Waals surface area contributed by atoms with Crippen molar-refractivity contribution in [3.8, 4) is 0 Å². The van der Waals surface area contributed by atoms with Gasteiger partial charge in [-0.05, 0) is 35.4 Å². The van der Waals surface area contributed by atoms with Gasteiger partial charge in [0.1, 0.15) is 11.9 Å². The van der Waals surface area contributed by atoms with Crippen molar-refractivity contribution in [3.05, 3.63) is 81.0 Å². The summed E-state index contributed by atoms with van der Waals surface area (Å²) in [5.74, 6) is -1.17. The number of halogens is 2. The molecule has 27 heavy (non-hydrogen) atoms. The maximum absolute atomic E-state index is 13.8. The third-order valence-electron chi connectivity index (χ3n) is 4.29. The molecule has 0 saturated carbocycles. The fourth-order valence-electron chi connectivity index (χ4n) is 3.11. The van der Waals surface area contributed by atoms with Gasteiger partial charge in [0.15, 0.2) is 5.13 Å². The molecular formula is C19H13BrFN3O2S. The molecule has 0 spiro atoms. The number of rotatable bonds is 4. The minimum absolute atomic E-state index is 0.269. The van der Waals surface area contributed by atoms with E-state index in [0.29, 0.717) is 16.3 Å². The first-order valence-corrected chi connectivity index (χ1v) is 9.75. The predicted octanol–water partition coefficient (Wildman–Crippen LogP) is 4.38. The fraction of sp³-hybridized carbons (Fsp3) is 0.105. The van der Waals surface area contributed by atoms with Crippen LogP contribution in [0.5, 0.6) is 0 Å². The van der Waals surface area contributed by atoms with Gasteiger partial charge in [-0.2, -0.15) is 0 Å². The third-order valence-corrected chi connectivity index (χ3v) is 5.47. The molecule has 0 unspecified atom stereocenters. The Hall–Kier alpha value is -2.58. The minimum atomic E-state index is -0.969. The summed E-state index contributed by atoms with van der Waals surface area (Å²) in [6, 6.07) is 10.2. The average molecular weight is 446 g/mol. The molecule has 1 N–H and O–H groups in total. The number of hydrogen-bond acceptors (Lipinski definition) is 4. The van der Waals surface area contributed by atoms with Crippen molar-refractivity contribution in [1.82, 2.24) is 9.88 Å². The number of thiazole rings is 1. The van der Waals surface area contributed by atoms with E-state index in [-0.39, 0.29) is 12.5 Å². The van der Waals surface area contributed by atoms with Gasteiger partial charge in [-0.3, -0.25) is 14.9 Å². The smallest absolute Gasteiger partial charge is 0.255 e. The van der Waals surface area contributed by atoms with Gasteiger partial charge in [-0.15, -0.1) is 11.3 Å². The van der Waals surface area contributed by atoms with Crippen LogP contribution in [0.2, 0.25) is 0 Å². The van der Waals surface area contributed by atoms with Gasteiger partial charge in [-0.1, -0.05) is 34.1 Å². The van der Waals surface area contributed by atoms with Crippen molar-refractivity contribution in [1.29, 1.82) is 0 Å². The molecule has 1 aliphatic heterocycles. The minimum Gasteiger partial charge on any atom is -0.318 e. The second kappa shape index (κ2) is 7.21. The number of aromatic nitrogens is 1. The number of amides is 2. The van der Waals surface area contributed by atoms with E-state index < -0.39 is 17.8 Å². The lowest BCUT2D eigenvalue weighted by atomic mass is 10.0. The Morgan fingerprint density at radius 3 is 2.89 bits per heavy atom. The van der Waals surface area contributed by atoms with E-state index in [2.05, 4.69) is 26.2 Å². The number of fused-ring (bicyclic) bond motifs is 1. The lowest BCUT2D eigenvalue weighted by molar-refractivity contribution is -0.120. The largest absolute Gasteiger partial charge is 0.318 e. The molecular weight excluding hydrogens is 433 g/mol. The van der Waals surface area contributed by atoms with Crippen LogP contribution in [0.25, 0.3) is 0 Å². The quantitative estimate of drug-likeness (QED) is 0.647. The maximum Gasteiger partial charge on any atom is 0.255 e. The molecule has 3 aromatic rings. The van der Waals surface area contributed by atoms with Crippen molar-refractivity contribution >= 4 is 44.2 Å². The molecule has 0 aliphatic carbocycles. The second-order valence-electron chi connectivity index (χ2n) is 6.02. The molecule has 0 bridgehead atoms. The zero-order chi connectivity index (χ0) is 19.0. The van der Waals surface area contributed by atoms with Crippen molar-refractivity contribution in [3.63, 3.8) is 0 Å². The SMILES string of the molecule is O=C(Nc1nccs1)[C@@H](c1cccc(F)c1)N1Cc2ccc(Br)cc2C1=O. The van der Waals surface area contributed by atoms with Crippen LogP contribution in [-0.2, 0) is 11.3 Å². The van der Waals surface area contributed by atoms with Gasteiger partial charge in [0.25, 0.3) is 11.8 Å². The number of hydrogen-bond donors (Lipinski definition) is 1. The monoisotopic (exact) mass is 445 g/mol. The zero-order valence-electron chi connectivity index (χ0n) is 13.9. The van der Waals surface area contributed by atoms with E-state index >= 15 is 0 Å². The summed E-state index contributed by atoms with van der Waals surface area (Å²) in [6.45, 7) is 0.272. The normalized spacial score (nSPS) is 14.1. The van der Waals surface area contributed by atoms with Gasteiger partial charge in [0.05, 0.1) is 0 Å². The standard InChI is InChI=1S/C19H13BrFN3O2S/c20-13-5-4-12-10-24(18(26)15(12)9-13)16(11-2-1-3-14(21)8-11)17(25)23-19-22-6-7-27-19/h1-9,16H,10H2,(H,22,23,25)/t16-/m1/s1. The Kier molecular flexibility index (Phi) is 4.75. The molecule has 0 radical (unpaired) electrons. The van der Waals surface area contributed by atoms with E-state index in [4.69, 9.17) is 0 Å². The third kappa shape index (κ3) is 3.50. The average Bonchev–Trinajstić information content (AvgIpc) is 3.25. The van der Waals surface area contributed by atoms with Crippen molar-refractivity contribution in [2.75, 3.05) is 5.32 Å². The number of carbonyl (C=O) groups is 2. The number of carbonyl (C=O) groups excluding carboxylic acids is 2. The Morgan fingerprint density at radius 1 is 1.30 bits per heavy atom. The number of anilines is 1. The van der Waals surface area contributed by atoms with Gasteiger partial charge in [-0.25, -0.2) is 9.37 Å². The van der Waals surface area contributed by atoms with Crippen LogP contribution >= 0.6 is 27.3 Å². The van der Waals surface area contributed by atoms with Gasteiger partial charge in [0.2, 0.25) is 0 Å². The summed E-state index contributed by atoms with van der Waals surface area (Å²) in [4.78, 5) is 31.5. The lowest BCUT2D eigenvalue weighted by Crippen LogP contribution is -2.37. The molecule has 5 nitrogen and oxygen atoms in total. The molecule has 2 aromatic carbocycles. The first-order chi connectivity index (χ1) is 13.0. The molecule has 1 aromatic heterocycles. The first kappa shape index (κ1) is 17.8. The van der Waals surface area contributed by atoms with Crippen LogP contribution in [-0.4, -0.2) is 21.7 Å². The molecule has 2 amide bonds. The summed E-state index contributed by atoms with van der Waals surface area (Å²) >= 11 is 4.64. The lowest BCUT2D eigenvalue weighted by Gasteiger charge is -2.27. The van der Waals surface area contributed by atoms with Crippen LogP contribution < -0.4 is 5.32 Å².